The fourth-order valence-electron chi connectivity index (χ4n) is 5.02. The lowest BCUT2D eigenvalue weighted by Gasteiger charge is -2.23. The van der Waals surface area contributed by atoms with E-state index in [1.807, 2.05) is 33.8 Å². The topological polar surface area (TPSA) is 50.2 Å². The minimum atomic E-state index is 0.111. The molecule has 1 aliphatic carbocycles. The molecular formula is C22H27ClN4O. The number of fused-ring (bicyclic) bond motifs is 3. The third kappa shape index (κ3) is 3.35. The number of nitrogens with one attached hydrogen (secondary N) is 1. The number of hydrogen-bond acceptors (Lipinski definition) is 3. The van der Waals surface area contributed by atoms with Gasteiger partial charge in [0.15, 0.2) is 5.69 Å². The van der Waals surface area contributed by atoms with E-state index in [9.17, 15) is 4.79 Å². The van der Waals surface area contributed by atoms with E-state index in [1.165, 1.54) is 30.5 Å². The molecule has 1 amide bonds. The Hall–Kier alpha value is -1.85. The molecular weight excluding hydrogens is 372 g/mol. The molecule has 3 heterocycles. The van der Waals surface area contributed by atoms with Gasteiger partial charge in [0.05, 0.1) is 5.69 Å². The molecule has 0 spiro atoms. The van der Waals surface area contributed by atoms with Gasteiger partial charge in [-0.15, -0.1) is 0 Å². The smallest absolute Gasteiger partial charge is 0.274 e. The van der Waals surface area contributed by atoms with Crippen LogP contribution >= 0.6 is 11.6 Å². The number of benzene rings is 1. The lowest BCUT2D eigenvalue weighted by Crippen LogP contribution is -2.39. The van der Waals surface area contributed by atoms with Gasteiger partial charge in [0, 0.05) is 41.5 Å². The molecule has 28 heavy (non-hydrogen) atoms. The van der Waals surface area contributed by atoms with Crippen LogP contribution < -0.4 is 5.32 Å². The summed E-state index contributed by atoms with van der Waals surface area (Å²) in [5.41, 5.74) is 4.03. The van der Waals surface area contributed by atoms with Crippen LogP contribution in [0.1, 0.15) is 60.3 Å². The maximum Gasteiger partial charge on any atom is 0.274 e. The highest BCUT2D eigenvalue weighted by Gasteiger charge is 2.34. The number of rotatable bonds is 2. The van der Waals surface area contributed by atoms with Crippen LogP contribution in [0.3, 0.4) is 0 Å². The number of amides is 1. The highest BCUT2D eigenvalue weighted by molar-refractivity contribution is 6.30. The lowest BCUT2D eigenvalue weighted by molar-refractivity contribution is 0.0740. The summed E-state index contributed by atoms with van der Waals surface area (Å²) in [6.45, 7) is 1.63. The van der Waals surface area contributed by atoms with Crippen LogP contribution in [0.15, 0.2) is 24.3 Å². The van der Waals surface area contributed by atoms with Crippen LogP contribution in [0.25, 0.3) is 5.69 Å². The maximum absolute atomic E-state index is 13.5. The average Bonchev–Trinajstić information content (AvgIpc) is 3.11. The van der Waals surface area contributed by atoms with Crippen LogP contribution in [-0.2, 0) is 12.8 Å². The normalized spacial score (nSPS) is 24.5. The summed E-state index contributed by atoms with van der Waals surface area (Å²) in [6.07, 6.45) is 8.87. The van der Waals surface area contributed by atoms with E-state index in [4.69, 9.17) is 16.7 Å². The van der Waals surface area contributed by atoms with Crippen molar-refractivity contribution in [3.8, 4) is 5.69 Å². The van der Waals surface area contributed by atoms with Crippen LogP contribution in [0.5, 0.6) is 0 Å². The van der Waals surface area contributed by atoms with Crippen molar-refractivity contribution in [2.75, 3.05) is 13.1 Å². The van der Waals surface area contributed by atoms with Crippen LogP contribution in [0.2, 0.25) is 5.02 Å². The highest BCUT2D eigenvalue weighted by atomic mass is 35.5. The van der Waals surface area contributed by atoms with Crippen molar-refractivity contribution in [2.24, 2.45) is 0 Å². The fourth-order valence-corrected chi connectivity index (χ4v) is 5.15. The first kappa shape index (κ1) is 18.2. The number of nitrogens with zero attached hydrogens (tertiary/aromatic N) is 3. The van der Waals surface area contributed by atoms with Crippen molar-refractivity contribution in [2.45, 2.75) is 63.5 Å². The molecule has 6 heteroatoms. The summed E-state index contributed by atoms with van der Waals surface area (Å²) < 4.78 is 1.99. The Bertz CT molecular complexity index is 875. The second kappa shape index (κ2) is 7.53. The molecule has 5 rings (SSSR count). The predicted octanol–water partition coefficient (Wildman–Crippen LogP) is 3.76. The summed E-state index contributed by atoms with van der Waals surface area (Å²) >= 11 is 6.08. The van der Waals surface area contributed by atoms with E-state index in [2.05, 4.69) is 5.32 Å². The van der Waals surface area contributed by atoms with Gasteiger partial charge in [0.2, 0.25) is 0 Å². The van der Waals surface area contributed by atoms with Gasteiger partial charge in [-0.2, -0.15) is 5.10 Å². The van der Waals surface area contributed by atoms with Gasteiger partial charge in [-0.25, -0.2) is 4.68 Å². The first-order valence-corrected chi connectivity index (χ1v) is 11.0. The van der Waals surface area contributed by atoms with Crippen molar-refractivity contribution < 1.29 is 4.79 Å². The maximum atomic E-state index is 13.5. The minimum Gasteiger partial charge on any atom is -0.336 e. The molecule has 148 valence electrons. The molecule has 2 aliphatic heterocycles. The van der Waals surface area contributed by atoms with Gasteiger partial charge in [-0.3, -0.25) is 4.79 Å². The molecule has 3 aliphatic rings. The first-order valence-electron chi connectivity index (χ1n) is 10.6. The van der Waals surface area contributed by atoms with E-state index in [-0.39, 0.29) is 5.91 Å². The van der Waals surface area contributed by atoms with Gasteiger partial charge >= 0.3 is 0 Å². The Morgan fingerprint density at radius 2 is 1.82 bits per heavy atom. The van der Waals surface area contributed by atoms with E-state index in [0.29, 0.717) is 22.8 Å². The van der Waals surface area contributed by atoms with Crippen LogP contribution in [0, 0.1) is 0 Å². The fraction of sp³-hybridized carbons (Fsp3) is 0.545. The van der Waals surface area contributed by atoms with Gasteiger partial charge < -0.3 is 10.2 Å². The van der Waals surface area contributed by atoms with Crippen molar-refractivity contribution in [1.82, 2.24) is 20.0 Å². The largest absolute Gasteiger partial charge is 0.336 e. The Morgan fingerprint density at radius 3 is 2.68 bits per heavy atom. The number of carbonyl (C=O) groups excluding carboxylic acids is 1. The summed E-state index contributed by atoms with van der Waals surface area (Å²) in [5, 5.41) is 9.24. The van der Waals surface area contributed by atoms with Crippen molar-refractivity contribution >= 4 is 17.5 Å². The Labute approximate surface area is 171 Å². The van der Waals surface area contributed by atoms with Gasteiger partial charge in [-0.05, 0) is 69.2 Å². The molecule has 2 fully saturated rings. The number of halogens is 1. The molecule has 5 nitrogen and oxygen atoms in total. The first-order chi connectivity index (χ1) is 13.7. The molecule has 1 aromatic carbocycles. The predicted molar refractivity (Wildman–Crippen MR) is 110 cm³/mol. The Balaban J connectivity index is 1.51. The van der Waals surface area contributed by atoms with Crippen molar-refractivity contribution in [3.05, 3.63) is 46.2 Å². The molecule has 2 aromatic rings. The number of aromatic nitrogens is 2. The molecule has 0 saturated carbocycles. The lowest BCUT2D eigenvalue weighted by atomic mass is 10.1. The zero-order valence-corrected chi connectivity index (χ0v) is 16.9. The SMILES string of the molecule is O=C(c1nn(-c2ccc(Cl)cc2)c2c1CCCCC2)N1CCC2CCC(C1)N2. The van der Waals surface area contributed by atoms with Crippen LogP contribution in [-0.4, -0.2) is 45.8 Å². The minimum absolute atomic E-state index is 0.111. The third-order valence-corrected chi connectivity index (χ3v) is 6.77. The molecule has 1 aromatic heterocycles. The third-order valence-electron chi connectivity index (χ3n) is 6.51. The van der Waals surface area contributed by atoms with Gasteiger partial charge in [0.25, 0.3) is 5.91 Å². The molecule has 1 N–H and O–H groups in total. The van der Waals surface area contributed by atoms with E-state index < -0.39 is 0 Å². The number of likely N-dealkylation sites (tertiary alicyclic amines) is 1. The molecule has 2 atom stereocenters. The summed E-state index contributed by atoms with van der Waals surface area (Å²) in [4.78, 5) is 15.6. The second-order valence-electron chi connectivity index (χ2n) is 8.40. The summed E-state index contributed by atoms with van der Waals surface area (Å²) in [7, 11) is 0. The molecule has 2 unspecified atom stereocenters. The van der Waals surface area contributed by atoms with E-state index in [0.717, 1.165) is 50.9 Å². The second-order valence-corrected chi connectivity index (χ2v) is 8.84. The van der Waals surface area contributed by atoms with E-state index >= 15 is 0 Å². The summed E-state index contributed by atoms with van der Waals surface area (Å²) in [5.74, 6) is 0.111. The molecule has 2 bridgehead atoms. The zero-order chi connectivity index (χ0) is 19.1. The average molecular weight is 399 g/mol. The van der Waals surface area contributed by atoms with Crippen molar-refractivity contribution in [3.63, 3.8) is 0 Å². The number of carbonyl (C=O) groups is 1. The van der Waals surface area contributed by atoms with Gasteiger partial charge in [-0.1, -0.05) is 18.0 Å². The molecule has 0 radical (unpaired) electrons. The monoisotopic (exact) mass is 398 g/mol. The quantitative estimate of drug-likeness (QED) is 0.783. The molecule has 2 saturated heterocycles. The standard InChI is InChI=1S/C22H27ClN4O/c23-15-6-10-18(11-7-15)27-20-5-3-1-2-4-19(20)21(25-27)22(28)26-13-12-16-8-9-17(14-26)24-16/h6-7,10-11,16-17,24H,1-5,8-9,12-14H2. The number of hydrogen-bond donors (Lipinski definition) is 1. The Kier molecular flexibility index (Phi) is 4.89. The van der Waals surface area contributed by atoms with Gasteiger partial charge in [0.1, 0.15) is 0 Å². The van der Waals surface area contributed by atoms with E-state index in [1.54, 1.807) is 0 Å². The Morgan fingerprint density at radius 1 is 1.04 bits per heavy atom. The van der Waals surface area contributed by atoms with Crippen molar-refractivity contribution in [1.29, 1.82) is 0 Å². The summed E-state index contributed by atoms with van der Waals surface area (Å²) in [6, 6.07) is 8.77. The highest BCUT2D eigenvalue weighted by Crippen LogP contribution is 2.29. The zero-order valence-electron chi connectivity index (χ0n) is 16.2. The van der Waals surface area contributed by atoms with Crippen LogP contribution in [0.4, 0.5) is 0 Å².